The van der Waals surface area contributed by atoms with Crippen LogP contribution in [0.5, 0.6) is 0 Å². The van der Waals surface area contributed by atoms with Gasteiger partial charge in [-0.1, -0.05) is 6.07 Å². The molecule has 1 rings (SSSR count). The van der Waals surface area contributed by atoms with Crippen molar-refractivity contribution in [2.24, 2.45) is 5.73 Å². The van der Waals surface area contributed by atoms with Gasteiger partial charge in [0.25, 0.3) is 0 Å². The van der Waals surface area contributed by atoms with E-state index in [0.29, 0.717) is 12.2 Å². The van der Waals surface area contributed by atoms with Crippen molar-refractivity contribution in [1.29, 1.82) is 0 Å². The third-order valence-electron chi connectivity index (χ3n) is 1.68. The Bertz CT molecular complexity index is 235. The summed E-state index contributed by atoms with van der Waals surface area (Å²) in [7, 11) is 0. The summed E-state index contributed by atoms with van der Waals surface area (Å²) in [5.74, 6) is 0.481. The van der Waals surface area contributed by atoms with Gasteiger partial charge in [0.1, 0.15) is 5.82 Å². The molecule has 0 radical (unpaired) electrons. The fourth-order valence-electron chi connectivity index (χ4n) is 0.942. The summed E-state index contributed by atoms with van der Waals surface area (Å²) < 4.78 is 0. The number of aliphatic hydroxyl groups is 1. The Labute approximate surface area is 71.2 Å². The van der Waals surface area contributed by atoms with Crippen molar-refractivity contribution in [2.75, 3.05) is 12.3 Å². The molecule has 1 heterocycles. The van der Waals surface area contributed by atoms with Gasteiger partial charge in [0, 0.05) is 18.8 Å². The fraction of sp³-hybridized carbons (Fsp3) is 0.375. The topological polar surface area (TPSA) is 85.2 Å². The number of nitrogens with two attached hydrogens (primary N) is 2. The number of hydrogen-bond acceptors (Lipinski definition) is 4. The van der Waals surface area contributed by atoms with Crippen molar-refractivity contribution < 1.29 is 5.11 Å². The molecular formula is C8H13N3O. The van der Waals surface area contributed by atoms with Crippen molar-refractivity contribution in [1.82, 2.24) is 4.98 Å². The molecule has 0 amide bonds. The van der Waals surface area contributed by atoms with E-state index in [1.165, 1.54) is 0 Å². The smallest absolute Gasteiger partial charge is 0.123 e. The second-order valence-electron chi connectivity index (χ2n) is 2.64. The van der Waals surface area contributed by atoms with E-state index in [2.05, 4.69) is 4.98 Å². The summed E-state index contributed by atoms with van der Waals surface area (Å²) in [4.78, 5) is 3.90. The maximum Gasteiger partial charge on any atom is 0.123 e. The van der Waals surface area contributed by atoms with Crippen LogP contribution >= 0.6 is 0 Å². The summed E-state index contributed by atoms with van der Waals surface area (Å²) in [6.07, 6.45) is 2.18. The van der Waals surface area contributed by atoms with Gasteiger partial charge in [-0.2, -0.15) is 0 Å². The van der Waals surface area contributed by atoms with E-state index in [1.54, 1.807) is 12.3 Å². The van der Waals surface area contributed by atoms with E-state index in [-0.39, 0.29) is 12.6 Å². The van der Waals surface area contributed by atoms with Crippen molar-refractivity contribution >= 4 is 5.82 Å². The van der Waals surface area contributed by atoms with Crippen LogP contribution in [-0.2, 0) is 0 Å². The van der Waals surface area contributed by atoms with Crippen LogP contribution in [0.4, 0.5) is 5.82 Å². The lowest BCUT2D eigenvalue weighted by Crippen LogP contribution is -2.12. The lowest BCUT2D eigenvalue weighted by molar-refractivity contribution is 0.276. The Morgan fingerprint density at radius 2 is 2.25 bits per heavy atom. The summed E-state index contributed by atoms with van der Waals surface area (Å²) >= 11 is 0. The Balaban J connectivity index is 2.68. The minimum absolute atomic E-state index is 0.0888. The average Bonchev–Trinajstić information content (AvgIpc) is 2.06. The molecule has 1 atom stereocenters. The standard InChI is InChI=1S/C8H13N3O/c9-7(3-4-12)6-1-2-8(10)11-5-6/h1-2,5,7,12H,3-4,9H2,(H2,10,11). The quantitative estimate of drug-likeness (QED) is 0.593. The maximum absolute atomic E-state index is 8.63. The van der Waals surface area contributed by atoms with Crippen LogP contribution in [0.2, 0.25) is 0 Å². The summed E-state index contributed by atoms with van der Waals surface area (Å²) in [6, 6.07) is 3.37. The molecule has 66 valence electrons. The molecule has 12 heavy (non-hydrogen) atoms. The number of nitrogens with zero attached hydrogens (tertiary/aromatic N) is 1. The molecule has 0 bridgehead atoms. The normalized spacial score (nSPS) is 12.8. The highest BCUT2D eigenvalue weighted by Gasteiger charge is 2.04. The fourth-order valence-corrected chi connectivity index (χ4v) is 0.942. The van der Waals surface area contributed by atoms with Crippen LogP contribution in [0.15, 0.2) is 18.3 Å². The zero-order valence-corrected chi connectivity index (χ0v) is 6.77. The lowest BCUT2D eigenvalue weighted by atomic mass is 10.1. The molecule has 5 N–H and O–H groups in total. The molecule has 4 nitrogen and oxygen atoms in total. The number of nitrogen functional groups attached to an aromatic ring is 1. The summed E-state index contributed by atoms with van der Waals surface area (Å²) in [6.45, 7) is 0.0888. The number of hydrogen-bond donors (Lipinski definition) is 3. The Morgan fingerprint density at radius 3 is 2.75 bits per heavy atom. The maximum atomic E-state index is 8.63. The molecule has 0 saturated heterocycles. The van der Waals surface area contributed by atoms with Gasteiger partial charge >= 0.3 is 0 Å². The van der Waals surface area contributed by atoms with Crippen LogP contribution in [0.3, 0.4) is 0 Å². The van der Waals surface area contributed by atoms with Crippen LogP contribution in [0.1, 0.15) is 18.0 Å². The van der Waals surface area contributed by atoms with Gasteiger partial charge in [0.2, 0.25) is 0 Å². The van der Waals surface area contributed by atoms with Crippen molar-refractivity contribution in [2.45, 2.75) is 12.5 Å². The number of aliphatic hydroxyl groups excluding tert-OH is 1. The van der Waals surface area contributed by atoms with E-state index < -0.39 is 0 Å². The van der Waals surface area contributed by atoms with E-state index in [1.807, 2.05) is 6.07 Å². The van der Waals surface area contributed by atoms with Crippen molar-refractivity contribution in [3.05, 3.63) is 23.9 Å². The van der Waals surface area contributed by atoms with Crippen molar-refractivity contribution in [3.63, 3.8) is 0 Å². The first-order valence-corrected chi connectivity index (χ1v) is 3.82. The number of pyridine rings is 1. The van der Waals surface area contributed by atoms with E-state index in [4.69, 9.17) is 16.6 Å². The van der Waals surface area contributed by atoms with E-state index in [9.17, 15) is 0 Å². The molecule has 0 aromatic carbocycles. The molecule has 0 aliphatic carbocycles. The van der Waals surface area contributed by atoms with Crippen LogP contribution in [0, 0.1) is 0 Å². The van der Waals surface area contributed by atoms with Gasteiger partial charge in [-0.25, -0.2) is 4.98 Å². The monoisotopic (exact) mass is 167 g/mol. The number of anilines is 1. The SMILES string of the molecule is Nc1ccc(C(N)CCO)cn1. The Kier molecular flexibility index (Phi) is 3.01. The van der Waals surface area contributed by atoms with E-state index in [0.717, 1.165) is 5.56 Å². The molecule has 0 aliphatic heterocycles. The molecule has 0 fully saturated rings. The Morgan fingerprint density at radius 1 is 1.50 bits per heavy atom. The van der Waals surface area contributed by atoms with Gasteiger partial charge in [0.15, 0.2) is 0 Å². The van der Waals surface area contributed by atoms with Gasteiger partial charge in [-0.15, -0.1) is 0 Å². The van der Waals surface area contributed by atoms with Crippen LogP contribution in [0.25, 0.3) is 0 Å². The molecule has 0 saturated carbocycles. The first-order valence-electron chi connectivity index (χ1n) is 3.82. The predicted octanol–water partition coefficient (Wildman–Crippen LogP) is 0.0460. The van der Waals surface area contributed by atoms with Gasteiger partial charge in [-0.3, -0.25) is 0 Å². The third-order valence-corrected chi connectivity index (χ3v) is 1.68. The van der Waals surface area contributed by atoms with Gasteiger partial charge < -0.3 is 16.6 Å². The minimum atomic E-state index is -0.150. The molecular weight excluding hydrogens is 154 g/mol. The van der Waals surface area contributed by atoms with Gasteiger partial charge in [-0.05, 0) is 18.1 Å². The summed E-state index contributed by atoms with van der Waals surface area (Å²) in [5, 5.41) is 8.63. The third kappa shape index (κ3) is 2.18. The van der Waals surface area contributed by atoms with Crippen LogP contribution in [-0.4, -0.2) is 16.7 Å². The zero-order chi connectivity index (χ0) is 8.97. The van der Waals surface area contributed by atoms with E-state index >= 15 is 0 Å². The molecule has 0 aliphatic rings. The predicted molar refractivity (Wildman–Crippen MR) is 47.3 cm³/mol. The average molecular weight is 167 g/mol. The molecule has 4 heteroatoms. The number of aromatic nitrogens is 1. The highest BCUT2D eigenvalue weighted by atomic mass is 16.3. The minimum Gasteiger partial charge on any atom is -0.396 e. The molecule has 0 spiro atoms. The second kappa shape index (κ2) is 4.04. The highest BCUT2D eigenvalue weighted by Crippen LogP contribution is 2.12. The van der Waals surface area contributed by atoms with Gasteiger partial charge in [0.05, 0.1) is 0 Å². The molecule has 1 aromatic rings. The molecule has 1 aromatic heterocycles. The van der Waals surface area contributed by atoms with Crippen molar-refractivity contribution in [3.8, 4) is 0 Å². The zero-order valence-electron chi connectivity index (χ0n) is 6.77. The highest BCUT2D eigenvalue weighted by molar-refractivity contribution is 5.30. The summed E-state index contributed by atoms with van der Waals surface area (Å²) in [5.41, 5.74) is 12.0. The number of rotatable bonds is 3. The molecule has 1 unspecified atom stereocenters. The second-order valence-corrected chi connectivity index (χ2v) is 2.64. The lowest BCUT2D eigenvalue weighted by Gasteiger charge is -2.08. The first kappa shape index (κ1) is 8.96. The van der Waals surface area contributed by atoms with Crippen LogP contribution < -0.4 is 11.5 Å². The first-order chi connectivity index (χ1) is 5.74. The Hall–Kier alpha value is -1.13. The largest absolute Gasteiger partial charge is 0.396 e.